The molecule has 0 unspecified atom stereocenters. The minimum absolute atomic E-state index is 0.142. The summed E-state index contributed by atoms with van der Waals surface area (Å²) in [6.45, 7) is 3.30. The van der Waals surface area contributed by atoms with Crippen LogP contribution in [0.15, 0.2) is 59.6 Å². The third-order valence-electron chi connectivity index (χ3n) is 3.60. The fraction of sp³-hybridized carbons (Fsp3) is 0.222. The Morgan fingerprint density at radius 1 is 1.08 bits per heavy atom. The predicted octanol–water partition coefficient (Wildman–Crippen LogP) is 2.85. The standard InChI is InChI=1S/C18H18N4O2/c19-14-20-18(24-17-4-2-1-3-5-17)21-15-6-8-16(9-7-15)22-10-12-23-13-11-22/h1-9H,10-13H2,(H,20,21). The number of para-hydroxylation sites is 1. The van der Waals surface area contributed by atoms with Crippen LogP contribution in [0.25, 0.3) is 0 Å². The quantitative estimate of drug-likeness (QED) is 0.534. The highest BCUT2D eigenvalue weighted by atomic mass is 16.5. The molecule has 1 heterocycles. The molecule has 1 aliphatic rings. The summed E-state index contributed by atoms with van der Waals surface area (Å²) in [7, 11) is 0. The molecule has 0 bridgehead atoms. The third-order valence-corrected chi connectivity index (χ3v) is 3.60. The van der Waals surface area contributed by atoms with Crippen LogP contribution in [0.2, 0.25) is 0 Å². The Morgan fingerprint density at radius 2 is 1.79 bits per heavy atom. The maximum atomic E-state index is 8.83. The van der Waals surface area contributed by atoms with Gasteiger partial charge in [-0.1, -0.05) is 18.2 Å². The minimum atomic E-state index is 0.142. The topological polar surface area (TPSA) is 69.9 Å². The van der Waals surface area contributed by atoms with Gasteiger partial charge in [-0.3, -0.25) is 0 Å². The van der Waals surface area contributed by atoms with Gasteiger partial charge in [0.2, 0.25) is 6.19 Å². The second kappa shape index (κ2) is 7.99. The van der Waals surface area contributed by atoms with Crippen LogP contribution in [0.5, 0.6) is 5.75 Å². The number of nitrogens with zero attached hydrogens (tertiary/aromatic N) is 3. The summed E-state index contributed by atoms with van der Waals surface area (Å²) in [5.74, 6) is 0.615. The zero-order chi connectivity index (χ0) is 16.6. The molecule has 6 heteroatoms. The SMILES string of the molecule is N#C/N=C(\Nc1ccc(N2CCOCC2)cc1)Oc1ccccc1. The van der Waals surface area contributed by atoms with E-state index in [9.17, 15) is 0 Å². The van der Waals surface area contributed by atoms with Gasteiger partial charge < -0.3 is 19.7 Å². The van der Waals surface area contributed by atoms with Crippen molar-refractivity contribution in [2.45, 2.75) is 0 Å². The Labute approximate surface area is 140 Å². The number of hydrogen-bond acceptors (Lipinski definition) is 5. The smallest absolute Gasteiger partial charge is 0.310 e. The molecular weight excluding hydrogens is 304 g/mol. The average molecular weight is 322 g/mol. The van der Waals surface area contributed by atoms with E-state index in [1.807, 2.05) is 42.5 Å². The lowest BCUT2D eigenvalue weighted by Crippen LogP contribution is -2.36. The molecule has 0 aliphatic carbocycles. The summed E-state index contributed by atoms with van der Waals surface area (Å²) in [5.41, 5.74) is 1.95. The predicted molar refractivity (Wildman–Crippen MR) is 93.2 cm³/mol. The van der Waals surface area contributed by atoms with Crippen LogP contribution in [0.4, 0.5) is 11.4 Å². The zero-order valence-corrected chi connectivity index (χ0v) is 13.2. The number of rotatable bonds is 3. The van der Waals surface area contributed by atoms with Gasteiger partial charge in [-0.2, -0.15) is 5.26 Å². The van der Waals surface area contributed by atoms with Crippen molar-refractivity contribution in [2.24, 2.45) is 4.99 Å². The highest BCUT2D eigenvalue weighted by Crippen LogP contribution is 2.19. The van der Waals surface area contributed by atoms with E-state index in [4.69, 9.17) is 14.7 Å². The molecule has 24 heavy (non-hydrogen) atoms. The van der Waals surface area contributed by atoms with Crippen LogP contribution in [0.1, 0.15) is 0 Å². The number of morpholine rings is 1. The lowest BCUT2D eigenvalue weighted by atomic mass is 10.2. The van der Waals surface area contributed by atoms with Crippen molar-refractivity contribution in [1.82, 2.24) is 0 Å². The number of nitriles is 1. The van der Waals surface area contributed by atoms with Gasteiger partial charge >= 0.3 is 6.02 Å². The minimum Gasteiger partial charge on any atom is -0.425 e. The molecule has 3 rings (SSSR count). The van der Waals surface area contributed by atoms with Gasteiger partial charge in [0.15, 0.2) is 0 Å². The molecule has 0 amide bonds. The second-order valence-electron chi connectivity index (χ2n) is 5.20. The molecule has 0 radical (unpaired) electrons. The van der Waals surface area contributed by atoms with E-state index in [2.05, 4.69) is 15.2 Å². The molecule has 1 aliphatic heterocycles. The summed E-state index contributed by atoms with van der Waals surface area (Å²) in [6.07, 6.45) is 1.75. The van der Waals surface area contributed by atoms with Gasteiger partial charge in [0.25, 0.3) is 0 Å². The fourth-order valence-corrected chi connectivity index (χ4v) is 2.42. The first kappa shape index (κ1) is 15.8. The number of ether oxygens (including phenoxy) is 2. The van der Waals surface area contributed by atoms with Crippen molar-refractivity contribution in [3.63, 3.8) is 0 Å². The molecule has 1 fully saturated rings. The first-order valence-electron chi connectivity index (χ1n) is 7.74. The van der Waals surface area contributed by atoms with E-state index in [0.717, 1.165) is 37.7 Å². The maximum Gasteiger partial charge on any atom is 0.310 e. The van der Waals surface area contributed by atoms with Crippen LogP contribution in [0.3, 0.4) is 0 Å². The molecule has 6 nitrogen and oxygen atoms in total. The van der Waals surface area contributed by atoms with Crippen molar-refractivity contribution in [3.8, 4) is 11.9 Å². The van der Waals surface area contributed by atoms with E-state index >= 15 is 0 Å². The third kappa shape index (κ3) is 4.24. The Kier molecular flexibility index (Phi) is 5.28. The van der Waals surface area contributed by atoms with Gasteiger partial charge in [0, 0.05) is 24.5 Å². The molecule has 0 saturated carbocycles. The van der Waals surface area contributed by atoms with Crippen LogP contribution < -0.4 is 15.0 Å². The number of amidine groups is 1. The summed E-state index contributed by atoms with van der Waals surface area (Å²) >= 11 is 0. The Hall–Kier alpha value is -3.04. The Morgan fingerprint density at radius 3 is 2.46 bits per heavy atom. The zero-order valence-electron chi connectivity index (χ0n) is 13.2. The lowest BCUT2D eigenvalue weighted by molar-refractivity contribution is 0.122. The van der Waals surface area contributed by atoms with E-state index in [1.54, 1.807) is 18.3 Å². The second-order valence-corrected chi connectivity index (χ2v) is 5.20. The fourth-order valence-electron chi connectivity index (χ4n) is 2.42. The van der Waals surface area contributed by atoms with Crippen molar-refractivity contribution >= 4 is 17.4 Å². The van der Waals surface area contributed by atoms with Gasteiger partial charge in [0.1, 0.15) is 5.75 Å². The van der Waals surface area contributed by atoms with Crippen molar-refractivity contribution in [2.75, 3.05) is 36.5 Å². The molecule has 2 aromatic rings. The Balaban J connectivity index is 1.66. The van der Waals surface area contributed by atoms with Crippen LogP contribution in [-0.4, -0.2) is 32.3 Å². The first-order chi connectivity index (χ1) is 11.8. The number of hydrogen-bond donors (Lipinski definition) is 1. The van der Waals surface area contributed by atoms with Crippen LogP contribution >= 0.6 is 0 Å². The molecule has 122 valence electrons. The van der Waals surface area contributed by atoms with Gasteiger partial charge in [0.05, 0.1) is 13.2 Å². The van der Waals surface area contributed by atoms with Crippen molar-refractivity contribution < 1.29 is 9.47 Å². The molecule has 2 aromatic carbocycles. The van der Waals surface area contributed by atoms with Crippen LogP contribution in [-0.2, 0) is 4.74 Å². The van der Waals surface area contributed by atoms with Gasteiger partial charge in [-0.15, -0.1) is 4.99 Å². The van der Waals surface area contributed by atoms with Crippen LogP contribution in [0, 0.1) is 11.5 Å². The summed E-state index contributed by atoms with van der Waals surface area (Å²) < 4.78 is 11.0. The molecule has 0 spiro atoms. The summed E-state index contributed by atoms with van der Waals surface area (Å²) in [4.78, 5) is 5.96. The first-order valence-corrected chi connectivity index (χ1v) is 7.74. The summed E-state index contributed by atoms with van der Waals surface area (Å²) in [5, 5.41) is 11.9. The van der Waals surface area contributed by atoms with E-state index in [1.165, 1.54) is 0 Å². The van der Waals surface area contributed by atoms with E-state index < -0.39 is 0 Å². The normalized spacial score (nSPS) is 14.8. The molecule has 0 atom stereocenters. The van der Waals surface area contributed by atoms with E-state index in [-0.39, 0.29) is 6.02 Å². The average Bonchev–Trinajstić information content (AvgIpc) is 2.64. The number of anilines is 2. The van der Waals surface area contributed by atoms with Gasteiger partial charge in [-0.05, 0) is 36.4 Å². The van der Waals surface area contributed by atoms with Gasteiger partial charge in [-0.25, -0.2) is 0 Å². The summed E-state index contributed by atoms with van der Waals surface area (Å²) in [6, 6.07) is 17.3. The highest BCUT2D eigenvalue weighted by molar-refractivity contribution is 5.91. The molecule has 1 saturated heterocycles. The van der Waals surface area contributed by atoms with Crippen molar-refractivity contribution in [3.05, 3.63) is 54.6 Å². The maximum absolute atomic E-state index is 8.83. The number of benzene rings is 2. The highest BCUT2D eigenvalue weighted by Gasteiger charge is 2.11. The van der Waals surface area contributed by atoms with Crippen molar-refractivity contribution in [1.29, 1.82) is 5.26 Å². The monoisotopic (exact) mass is 322 g/mol. The molecular formula is C18H18N4O2. The van der Waals surface area contributed by atoms with E-state index in [0.29, 0.717) is 5.75 Å². The number of aliphatic imine (C=N–C) groups is 1. The lowest BCUT2D eigenvalue weighted by Gasteiger charge is -2.28. The largest absolute Gasteiger partial charge is 0.425 e. The molecule has 1 N–H and O–H groups in total. The molecule has 0 aromatic heterocycles. The number of nitrogens with one attached hydrogen (secondary N) is 1. The Bertz CT molecular complexity index is 717.